The summed E-state index contributed by atoms with van der Waals surface area (Å²) in [6.45, 7) is 4.56. The van der Waals surface area contributed by atoms with Gasteiger partial charge in [-0.25, -0.2) is 4.79 Å². The highest BCUT2D eigenvalue weighted by Crippen LogP contribution is 2.11. The van der Waals surface area contributed by atoms with E-state index in [9.17, 15) is 4.79 Å². The first-order valence-corrected chi connectivity index (χ1v) is 5.42. The summed E-state index contributed by atoms with van der Waals surface area (Å²) < 4.78 is 4.95. The smallest absolute Gasteiger partial charge is 0.343 e. The summed E-state index contributed by atoms with van der Waals surface area (Å²) in [6.07, 6.45) is 1.62. The van der Waals surface area contributed by atoms with Crippen LogP contribution in [0.3, 0.4) is 0 Å². The molecule has 0 spiro atoms. The maximum atomic E-state index is 11.7. The topological polar surface area (TPSA) is 73.1 Å². The summed E-state index contributed by atoms with van der Waals surface area (Å²) in [7, 11) is 3.62. The molecule has 17 heavy (non-hydrogen) atoms. The second kappa shape index (κ2) is 5.97. The van der Waals surface area contributed by atoms with Crippen LogP contribution in [0.1, 0.15) is 19.7 Å². The molecule has 0 saturated heterocycles. The van der Waals surface area contributed by atoms with E-state index in [0.29, 0.717) is 18.7 Å². The van der Waals surface area contributed by atoms with Crippen LogP contribution in [-0.2, 0) is 16.1 Å². The lowest BCUT2D eigenvalue weighted by atomic mass is 10.3. The Morgan fingerprint density at radius 1 is 1.47 bits per heavy atom. The second-order valence-corrected chi connectivity index (χ2v) is 3.53. The van der Waals surface area contributed by atoms with E-state index in [1.54, 1.807) is 18.0 Å². The largest absolute Gasteiger partial charge is 0.462 e. The minimum absolute atomic E-state index is 0.277. The molecule has 0 radical (unpaired) electrons. The highest BCUT2D eigenvalue weighted by atomic mass is 16.5. The van der Waals surface area contributed by atoms with Crippen molar-refractivity contribution >= 4 is 11.5 Å². The Kier molecular flexibility index (Phi) is 4.62. The van der Waals surface area contributed by atoms with E-state index in [0.717, 1.165) is 0 Å². The van der Waals surface area contributed by atoms with Gasteiger partial charge in [-0.2, -0.15) is 4.80 Å². The van der Waals surface area contributed by atoms with Crippen molar-refractivity contribution in [2.45, 2.75) is 20.4 Å². The molecule has 0 aliphatic rings. The summed E-state index contributed by atoms with van der Waals surface area (Å²) in [5.41, 5.74) is 0.302. The van der Waals surface area contributed by atoms with Gasteiger partial charge < -0.3 is 9.64 Å². The van der Waals surface area contributed by atoms with Crippen LogP contribution in [0.2, 0.25) is 0 Å². The predicted molar refractivity (Wildman–Crippen MR) is 61.8 cm³/mol. The molecule has 1 heterocycles. The average molecular weight is 239 g/mol. The average Bonchev–Trinajstić information content (AvgIpc) is 2.74. The molecular weight excluding hydrogens is 222 g/mol. The van der Waals surface area contributed by atoms with Crippen molar-refractivity contribution in [2.75, 3.05) is 20.7 Å². The van der Waals surface area contributed by atoms with Gasteiger partial charge in [0.25, 0.3) is 0 Å². The molecule has 0 fully saturated rings. The van der Waals surface area contributed by atoms with Gasteiger partial charge in [0.15, 0.2) is 0 Å². The molecule has 1 rings (SSSR count). The lowest BCUT2D eigenvalue weighted by molar-refractivity contribution is -0.136. The number of hydrogen-bond donors (Lipinski definition) is 0. The van der Waals surface area contributed by atoms with E-state index in [2.05, 4.69) is 15.4 Å². The number of nitrogens with zero attached hydrogens (tertiary/aromatic N) is 5. The number of carbonyl (C=O) groups is 1. The van der Waals surface area contributed by atoms with E-state index in [-0.39, 0.29) is 5.82 Å². The highest BCUT2D eigenvalue weighted by Gasteiger charge is 2.18. The Morgan fingerprint density at radius 2 is 2.18 bits per heavy atom. The molecule has 1 aromatic heterocycles. The van der Waals surface area contributed by atoms with Crippen molar-refractivity contribution in [3.8, 4) is 0 Å². The zero-order chi connectivity index (χ0) is 12.8. The van der Waals surface area contributed by atoms with Gasteiger partial charge in [0.1, 0.15) is 5.57 Å². The maximum Gasteiger partial charge on any atom is 0.343 e. The van der Waals surface area contributed by atoms with Crippen LogP contribution in [0, 0.1) is 0 Å². The first kappa shape index (κ1) is 13.1. The Hall–Kier alpha value is -1.92. The van der Waals surface area contributed by atoms with Crippen molar-refractivity contribution in [1.29, 1.82) is 0 Å². The fraction of sp³-hybridized carbons (Fsp3) is 0.600. The van der Waals surface area contributed by atoms with E-state index in [1.807, 2.05) is 21.0 Å². The number of rotatable bonds is 5. The monoisotopic (exact) mass is 239 g/mol. The quantitative estimate of drug-likeness (QED) is 0.538. The first-order valence-electron chi connectivity index (χ1n) is 5.42. The molecule has 0 atom stereocenters. The number of tetrazole rings is 1. The van der Waals surface area contributed by atoms with Crippen molar-refractivity contribution in [2.24, 2.45) is 0 Å². The molecule has 0 N–H and O–H groups in total. The summed E-state index contributed by atoms with van der Waals surface area (Å²) >= 11 is 0. The zero-order valence-electron chi connectivity index (χ0n) is 10.5. The summed E-state index contributed by atoms with van der Waals surface area (Å²) in [5.74, 6) is -0.171. The fourth-order valence-corrected chi connectivity index (χ4v) is 1.15. The lowest BCUT2D eigenvalue weighted by Crippen LogP contribution is -2.13. The molecule has 0 aliphatic carbocycles. The van der Waals surface area contributed by atoms with Crippen LogP contribution in [0.25, 0.3) is 5.57 Å². The molecule has 1 aromatic rings. The van der Waals surface area contributed by atoms with Gasteiger partial charge in [0.05, 0.1) is 13.2 Å². The van der Waals surface area contributed by atoms with Crippen LogP contribution in [0.15, 0.2) is 6.20 Å². The third-order valence-corrected chi connectivity index (χ3v) is 1.86. The van der Waals surface area contributed by atoms with E-state index < -0.39 is 5.97 Å². The highest BCUT2D eigenvalue weighted by molar-refractivity contribution is 6.14. The predicted octanol–water partition coefficient (Wildman–Crippen LogP) is 0.159. The van der Waals surface area contributed by atoms with E-state index >= 15 is 0 Å². The number of ether oxygens (including phenoxy) is 1. The third-order valence-electron chi connectivity index (χ3n) is 1.86. The molecular formula is C10H17N5O2. The van der Waals surface area contributed by atoms with Crippen LogP contribution in [0.4, 0.5) is 0 Å². The Labute approximate surface area is 100 Å². The normalized spacial score (nSPS) is 11.4. The Balaban J connectivity index is 3.02. The number of aromatic nitrogens is 4. The van der Waals surface area contributed by atoms with Crippen LogP contribution >= 0.6 is 0 Å². The van der Waals surface area contributed by atoms with Gasteiger partial charge in [0.2, 0.25) is 5.82 Å². The van der Waals surface area contributed by atoms with E-state index in [1.165, 1.54) is 4.80 Å². The van der Waals surface area contributed by atoms with Gasteiger partial charge in [0, 0.05) is 20.3 Å². The lowest BCUT2D eigenvalue weighted by Gasteiger charge is -2.08. The van der Waals surface area contributed by atoms with Gasteiger partial charge in [-0.05, 0) is 19.1 Å². The van der Waals surface area contributed by atoms with Gasteiger partial charge in [-0.3, -0.25) is 0 Å². The maximum absolute atomic E-state index is 11.7. The number of esters is 1. The first-order chi connectivity index (χ1) is 8.08. The van der Waals surface area contributed by atoms with Crippen LogP contribution < -0.4 is 0 Å². The molecule has 7 nitrogen and oxygen atoms in total. The van der Waals surface area contributed by atoms with Gasteiger partial charge >= 0.3 is 5.97 Å². The fourth-order valence-electron chi connectivity index (χ4n) is 1.15. The molecule has 94 valence electrons. The van der Waals surface area contributed by atoms with Gasteiger partial charge in [-0.15, -0.1) is 10.2 Å². The molecule has 0 amide bonds. The van der Waals surface area contributed by atoms with Crippen molar-refractivity contribution in [3.63, 3.8) is 0 Å². The summed E-state index contributed by atoms with van der Waals surface area (Å²) in [4.78, 5) is 14.9. The summed E-state index contributed by atoms with van der Waals surface area (Å²) in [5, 5.41) is 11.7. The molecule has 0 aromatic carbocycles. The van der Waals surface area contributed by atoms with Crippen LogP contribution in [-0.4, -0.2) is 51.8 Å². The summed E-state index contributed by atoms with van der Waals surface area (Å²) in [6, 6.07) is 0. The Bertz CT molecular complexity index is 411. The number of hydrogen-bond acceptors (Lipinski definition) is 6. The molecule has 0 bridgehead atoms. The van der Waals surface area contributed by atoms with Crippen LogP contribution in [0.5, 0.6) is 0 Å². The minimum atomic E-state index is -0.447. The SMILES string of the molecule is CCOC(=O)/C(=C/N(C)C)c1nnn(CC)n1. The van der Waals surface area contributed by atoms with E-state index in [4.69, 9.17) is 4.74 Å². The van der Waals surface area contributed by atoms with Crippen molar-refractivity contribution in [1.82, 2.24) is 25.1 Å². The third kappa shape index (κ3) is 3.54. The second-order valence-electron chi connectivity index (χ2n) is 3.53. The molecule has 0 saturated carbocycles. The van der Waals surface area contributed by atoms with Gasteiger partial charge in [-0.1, -0.05) is 0 Å². The molecule has 7 heteroatoms. The van der Waals surface area contributed by atoms with Crippen molar-refractivity contribution in [3.05, 3.63) is 12.0 Å². The Morgan fingerprint density at radius 3 is 2.65 bits per heavy atom. The number of aryl methyl sites for hydroxylation is 1. The standard InChI is InChI=1S/C10H17N5O2/c1-5-15-12-9(11-13-15)8(7-14(3)4)10(16)17-6-2/h7H,5-6H2,1-4H3/b8-7+. The van der Waals surface area contributed by atoms with Crippen molar-refractivity contribution < 1.29 is 9.53 Å². The number of carbonyl (C=O) groups excluding carboxylic acids is 1. The molecule has 0 unspecified atom stereocenters. The zero-order valence-corrected chi connectivity index (χ0v) is 10.5. The molecule has 0 aliphatic heterocycles. The minimum Gasteiger partial charge on any atom is -0.462 e.